The highest BCUT2D eigenvalue weighted by atomic mass is 32.1. The zero-order chi connectivity index (χ0) is 10.1. The van der Waals surface area contributed by atoms with E-state index in [2.05, 4.69) is 24.8 Å². The van der Waals surface area contributed by atoms with Gasteiger partial charge in [0.25, 0.3) is 0 Å². The molecule has 2 heterocycles. The number of aryl methyl sites for hydroxylation is 2. The first-order valence-electron chi connectivity index (χ1n) is 5.19. The Labute approximate surface area is 89.7 Å². The molecule has 0 unspecified atom stereocenters. The van der Waals surface area contributed by atoms with Gasteiger partial charge in [0.2, 0.25) is 0 Å². The summed E-state index contributed by atoms with van der Waals surface area (Å²) >= 11 is 1.90. The largest absolute Gasteiger partial charge is 0.326 e. The lowest BCUT2D eigenvalue weighted by molar-refractivity contribution is 0.327. The predicted octanol–water partition coefficient (Wildman–Crippen LogP) is 1.90. The molecular weight excluding hydrogens is 192 g/mol. The molecule has 0 radical (unpaired) electrons. The van der Waals surface area contributed by atoms with Crippen molar-refractivity contribution in [3.63, 3.8) is 0 Å². The first kappa shape index (κ1) is 10.1. The topological polar surface area (TPSA) is 29.3 Å². The second-order valence-electron chi connectivity index (χ2n) is 4.22. The summed E-state index contributed by atoms with van der Waals surface area (Å²) in [6.45, 7) is 7.70. The van der Waals surface area contributed by atoms with Gasteiger partial charge in [0, 0.05) is 35.4 Å². The van der Waals surface area contributed by atoms with Crippen LogP contribution in [0.4, 0.5) is 0 Å². The van der Waals surface area contributed by atoms with Crippen molar-refractivity contribution in [2.45, 2.75) is 32.9 Å². The molecule has 1 aromatic heterocycles. The second-order valence-corrected chi connectivity index (χ2v) is 5.68. The van der Waals surface area contributed by atoms with E-state index in [9.17, 15) is 0 Å². The molecule has 1 aromatic rings. The van der Waals surface area contributed by atoms with Crippen LogP contribution in [0.25, 0.3) is 0 Å². The molecule has 2 rings (SSSR count). The van der Waals surface area contributed by atoms with Crippen LogP contribution >= 0.6 is 11.3 Å². The van der Waals surface area contributed by atoms with E-state index in [0.717, 1.165) is 26.1 Å². The van der Waals surface area contributed by atoms with Crippen LogP contribution in [0.2, 0.25) is 0 Å². The van der Waals surface area contributed by atoms with Crippen molar-refractivity contribution in [2.75, 3.05) is 13.1 Å². The standard InChI is InChI=1S/C11H18N2S/c1-8-5-10(9(2)14-8)6-13-4-3-11(12)7-13/h5,11H,3-4,6-7,12H2,1-2H3/t11-/m0/s1. The molecule has 3 heteroatoms. The zero-order valence-corrected chi connectivity index (χ0v) is 9.73. The molecule has 1 aliphatic rings. The van der Waals surface area contributed by atoms with Crippen molar-refractivity contribution in [2.24, 2.45) is 5.73 Å². The minimum Gasteiger partial charge on any atom is -0.326 e. The molecule has 0 aromatic carbocycles. The van der Waals surface area contributed by atoms with Crippen molar-refractivity contribution < 1.29 is 0 Å². The molecule has 2 N–H and O–H groups in total. The number of hydrogen-bond donors (Lipinski definition) is 1. The number of nitrogens with zero attached hydrogens (tertiary/aromatic N) is 1. The highest BCUT2D eigenvalue weighted by Gasteiger charge is 2.19. The van der Waals surface area contributed by atoms with Crippen LogP contribution < -0.4 is 5.73 Å². The van der Waals surface area contributed by atoms with Gasteiger partial charge in [-0.1, -0.05) is 0 Å². The Morgan fingerprint density at radius 3 is 2.86 bits per heavy atom. The Morgan fingerprint density at radius 1 is 1.57 bits per heavy atom. The third-order valence-electron chi connectivity index (χ3n) is 2.85. The summed E-state index contributed by atoms with van der Waals surface area (Å²) in [5.74, 6) is 0. The van der Waals surface area contributed by atoms with Crippen molar-refractivity contribution in [3.8, 4) is 0 Å². The van der Waals surface area contributed by atoms with Gasteiger partial charge in [0.15, 0.2) is 0 Å². The highest BCUT2D eigenvalue weighted by molar-refractivity contribution is 7.12. The fourth-order valence-electron chi connectivity index (χ4n) is 2.09. The summed E-state index contributed by atoms with van der Waals surface area (Å²) in [5.41, 5.74) is 7.37. The molecule has 0 saturated carbocycles. The number of rotatable bonds is 2. The van der Waals surface area contributed by atoms with E-state index in [0.29, 0.717) is 6.04 Å². The minimum absolute atomic E-state index is 0.398. The molecule has 1 aliphatic heterocycles. The lowest BCUT2D eigenvalue weighted by Gasteiger charge is -2.14. The number of hydrogen-bond acceptors (Lipinski definition) is 3. The molecule has 2 nitrogen and oxygen atoms in total. The van der Waals surface area contributed by atoms with Crippen LogP contribution in [0.5, 0.6) is 0 Å². The quantitative estimate of drug-likeness (QED) is 0.808. The summed E-state index contributed by atoms with van der Waals surface area (Å²) < 4.78 is 0. The number of nitrogens with two attached hydrogens (primary N) is 1. The Kier molecular flexibility index (Phi) is 2.91. The van der Waals surface area contributed by atoms with Crippen LogP contribution in [-0.2, 0) is 6.54 Å². The maximum absolute atomic E-state index is 5.88. The molecule has 14 heavy (non-hydrogen) atoms. The summed E-state index contributed by atoms with van der Waals surface area (Å²) in [5, 5.41) is 0. The van der Waals surface area contributed by atoms with E-state index in [1.54, 1.807) is 0 Å². The van der Waals surface area contributed by atoms with Crippen LogP contribution in [-0.4, -0.2) is 24.0 Å². The minimum atomic E-state index is 0.398. The molecule has 1 fully saturated rings. The van der Waals surface area contributed by atoms with Crippen LogP contribution in [0.15, 0.2) is 6.07 Å². The second kappa shape index (κ2) is 4.01. The summed E-state index contributed by atoms with van der Waals surface area (Å²) in [6, 6.07) is 2.71. The number of likely N-dealkylation sites (tertiary alicyclic amines) is 1. The summed E-state index contributed by atoms with van der Waals surface area (Å²) in [7, 11) is 0. The number of thiophene rings is 1. The van der Waals surface area contributed by atoms with Gasteiger partial charge in [-0.2, -0.15) is 0 Å². The first-order valence-corrected chi connectivity index (χ1v) is 6.00. The lowest BCUT2D eigenvalue weighted by Crippen LogP contribution is -2.26. The predicted molar refractivity (Wildman–Crippen MR) is 61.7 cm³/mol. The maximum Gasteiger partial charge on any atom is 0.0245 e. The Bertz CT molecular complexity index is 319. The molecule has 1 atom stereocenters. The van der Waals surface area contributed by atoms with E-state index >= 15 is 0 Å². The molecule has 0 bridgehead atoms. The van der Waals surface area contributed by atoms with Crippen molar-refractivity contribution in [1.82, 2.24) is 4.90 Å². The third-order valence-corrected chi connectivity index (χ3v) is 3.85. The van der Waals surface area contributed by atoms with Gasteiger partial charge in [-0.15, -0.1) is 11.3 Å². The first-order chi connectivity index (χ1) is 6.65. The maximum atomic E-state index is 5.88. The van der Waals surface area contributed by atoms with Gasteiger partial charge >= 0.3 is 0 Å². The van der Waals surface area contributed by atoms with E-state index in [4.69, 9.17) is 5.73 Å². The average molecular weight is 210 g/mol. The monoisotopic (exact) mass is 210 g/mol. The van der Waals surface area contributed by atoms with Gasteiger partial charge in [-0.05, 0) is 31.9 Å². The molecule has 0 spiro atoms. The lowest BCUT2D eigenvalue weighted by atomic mass is 10.2. The molecule has 1 saturated heterocycles. The fourth-order valence-corrected chi connectivity index (χ4v) is 3.03. The van der Waals surface area contributed by atoms with Crippen LogP contribution in [0.3, 0.4) is 0 Å². The molecule has 0 aliphatic carbocycles. The van der Waals surface area contributed by atoms with Crippen LogP contribution in [0, 0.1) is 13.8 Å². The van der Waals surface area contributed by atoms with Crippen molar-refractivity contribution >= 4 is 11.3 Å². The molecule has 0 amide bonds. The Hall–Kier alpha value is -0.380. The van der Waals surface area contributed by atoms with E-state index < -0.39 is 0 Å². The summed E-state index contributed by atoms with van der Waals surface area (Å²) in [4.78, 5) is 5.34. The molecule has 78 valence electrons. The third kappa shape index (κ3) is 2.16. The SMILES string of the molecule is Cc1cc(CN2CC[C@H](N)C2)c(C)s1. The van der Waals surface area contributed by atoms with E-state index in [1.807, 2.05) is 11.3 Å². The highest BCUT2D eigenvalue weighted by Crippen LogP contribution is 2.23. The van der Waals surface area contributed by atoms with Gasteiger partial charge in [0.05, 0.1) is 0 Å². The van der Waals surface area contributed by atoms with Crippen molar-refractivity contribution in [1.29, 1.82) is 0 Å². The van der Waals surface area contributed by atoms with Gasteiger partial charge in [-0.3, -0.25) is 4.90 Å². The van der Waals surface area contributed by atoms with Gasteiger partial charge in [-0.25, -0.2) is 0 Å². The van der Waals surface area contributed by atoms with E-state index in [-0.39, 0.29) is 0 Å². The Balaban J connectivity index is 2.00. The molecular formula is C11H18N2S. The van der Waals surface area contributed by atoms with Gasteiger partial charge < -0.3 is 5.73 Å². The fraction of sp³-hybridized carbons (Fsp3) is 0.636. The normalized spacial score (nSPS) is 23.2. The average Bonchev–Trinajstić information content (AvgIpc) is 2.61. The van der Waals surface area contributed by atoms with Crippen LogP contribution in [0.1, 0.15) is 21.7 Å². The van der Waals surface area contributed by atoms with Crippen molar-refractivity contribution in [3.05, 3.63) is 21.4 Å². The summed E-state index contributed by atoms with van der Waals surface area (Å²) in [6.07, 6.45) is 1.15. The Morgan fingerprint density at radius 2 is 2.36 bits per heavy atom. The zero-order valence-electron chi connectivity index (χ0n) is 8.92. The van der Waals surface area contributed by atoms with Gasteiger partial charge in [0.1, 0.15) is 0 Å². The smallest absolute Gasteiger partial charge is 0.0245 e. The van der Waals surface area contributed by atoms with E-state index in [1.165, 1.54) is 15.3 Å².